The van der Waals surface area contributed by atoms with E-state index in [0.29, 0.717) is 13.2 Å². The van der Waals surface area contributed by atoms with Gasteiger partial charge in [-0.25, -0.2) is 0 Å². The number of hydrogen-bond donors (Lipinski definition) is 1. The van der Waals surface area contributed by atoms with Crippen LogP contribution in [0.4, 0.5) is 0 Å². The van der Waals surface area contributed by atoms with E-state index in [9.17, 15) is 4.79 Å². The zero-order valence-electron chi connectivity index (χ0n) is 10.4. The Labute approximate surface area is 111 Å². The van der Waals surface area contributed by atoms with Crippen molar-refractivity contribution in [3.05, 3.63) is 42.5 Å². The van der Waals surface area contributed by atoms with Crippen molar-refractivity contribution in [3.8, 4) is 11.8 Å². The average molecular weight is 254 g/mol. The minimum atomic E-state index is -0.274. The molecule has 0 bridgehead atoms. The summed E-state index contributed by atoms with van der Waals surface area (Å²) < 4.78 is 5.65. The first-order valence-electron chi connectivity index (χ1n) is 6.05. The number of amides is 1. The second kappa shape index (κ2) is 6.41. The van der Waals surface area contributed by atoms with Crippen LogP contribution in [0.5, 0.6) is 5.75 Å². The molecule has 0 aliphatic rings. The van der Waals surface area contributed by atoms with Gasteiger partial charge in [-0.2, -0.15) is 5.26 Å². The summed E-state index contributed by atoms with van der Waals surface area (Å²) in [6.07, 6.45) is -0.117. The topological polar surface area (TPSA) is 62.1 Å². The van der Waals surface area contributed by atoms with Crippen LogP contribution in [0.15, 0.2) is 42.5 Å². The molecule has 0 heterocycles. The van der Waals surface area contributed by atoms with Crippen molar-refractivity contribution in [1.82, 2.24) is 5.32 Å². The minimum Gasteiger partial charge on any atom is -0.491 e. The monoisotopic (exact) mass is 254 g/mol. The number of nitrogens with zero attached hydrogens (tertiary/aromatic N) is 1. The minimum absolute atomic E-state index is 0.117. The Morgan fingerprint density at radius 3 is 2.84 bits per heavy atom. The Hall–Kier alpha value is -2.54. The fraction of sp³-hybridized carbons (Fsp3) is 0.200. The Morgan fingerprint density at radius 1 is 1.21 bits per heavy atom. The summed E-state index contributed by atoms with van der Waals surface area (Å²) in [5.74, 6) is 0.525. The quantitative estimate of drug-likeness (QED) is 0.832. The van der Waals surface area contributed by atoms with E-state index in [4.69, 9.17) is 10.00 Å². The molecule has 0 fully saturated rings. The van der Waals surface area contributed by atoms with Gasteiger partial charge >= 0.3 is 0 Å². The van der Waals surface area contributed by atoms with Crippen molar-refractivity contribution in [2.75, 3.05) is 13.2 Å². The van der Waals surface area contributed by atoms with Gasteiger partial charge in [-0.15, -0.1) is 0 Å². The van der Waals surface area contributed by atoms with Crippen LogP contribution in [0.1, 0.15) is 6.42 Å². The van der Waals surface area contributed by atoms with Gasteiger partial charge in [0.1, 0.15) is 18.8 Å². The molecule has 4 heteroatoms. The SMILES string of the molecule is N#CCC(=O)NCCOc1cccc2ccccc12. The van der Waals surface area contributed by atoms with E-state index in [1.165, 1.54) is 0 Å². The van der Waals surface area contributed by atoms with Gasteiger partial charge in [0.25, 0.3) is 0 Å². The molecule has 0 radical (unpaired) electrons. The summed E-state index contributed by atoms with van der Waals surface area (Å²) in [5.41, 5.74) is 0. The number of nitriles is 1. The fourth-order valence-electron chi connectivity index (χ4n) is 1.81. The molecular weight excluding hydrogens is 240 g/mol. The number of fused-ring (bicyclic) bond motifs is 1. The van der Waals surface area contributed by atoms with E-state index in [1.54, 1.807) is 6.07 Å². The lowest BCUT2D eigenvalue weighted by Crippen LogP contribution is -2.27. The third-order valence-corrected chi connectivity index (χ3v) is 2.67. The van der Waals surface area contributed by atoms with E-state index in [2.05, 4.69) is 5.32 Å². The van der Waals surface area contributed by atoms with E-state index < -0.39 is 0 Å². The normalized spacial score (nSPS) is 9.84. The fourth-order valence-corrected chi connectivity index (χ4v) is 1.81. The van der Waals surface area contributed by atoms with Gasteiger partial charge in [0.15, 0.2) is 0 Å². The molecule has 0 spiro atoms. The van der Waals surface area contributed by atoms with Crippen molar-refractivity contribution in [2.24, 2.45) is 0 Å². The van der Waals surface area contributed by atoms with Crippen molar-refractivity contribution in [3.63, 3.8) is 0 Å². The van der Waals surface area contributed by atoms with Gasteiger partial charge in [-0.3, -0.25) is 4.79 Å². The molecule has 0 aliphatic heterocycles. The highest BCUT2D eigenvalue weighted by molar-refractivity contribution is 5.88. The second-order valence-corrected chi connectivity index (χ2v) is 4.01. The molecule has 4 nitrogen and oxygen atoms in total. The number of carbonyl (C=O) groups excluding carboxylic acids is 1. The average Bonchev–Trinajstić information content (AvgIpc) is 2.44. The summed E-state index contributed by atoms with van der Waals surface area (Å²) in [7, 11) is 0. The summed E-state index contributed by atoms with van der Waals surface area (Å²) >= 11 is 0. The lowest BCUT2D eigenvalue weighted by molar-refractivity contribution is -0.120. The molecular formula is C15H14N2O2. The van der Waals surface area contributed by atoms with Crippen LogP contribution in [-0.4, -0.2) is 19.1 Å². The summed E-state index contributed by atoms with van der Waals surface area (Å²) in [5, 5.41) is 13.1. The van der Waals surface area contributed by atoms with Crippen LogP contribution in [0, 0.1) is 11.3 Å². The Morgan fingerprint density at radius 2 is 2.00 bits per heavy atom. The Kier molecular flexibility index (Phi) is 4.35. The second-order valence-electron chi connectivity index (χ2n) is 4.01. The smallest absolute Gasteiger partial charge is 0.234 e. The summed E-state index contributed by atoms with van der Waals surface area (Å²) in [6, 6.07) is 15.6. The number of ether oxygens (including phenoxy) is 1. The van der Waals surface area contributed by atoms with Crippen LogP contribution in [0.3, 0.4) is 0 Å². The summed E-state index contributed by atoms with van der Waals surface area (Å²) in [4.78, 5) is 11.1. The van der Waals surface area contributed by atoms with Crippen LogP contribution in [-0.2, 0) is 4.79 Å². The molecule has 0 aromatic heterocycles. The van der Waals surface area contributed by atoms with Crippen LogP contribution in [0.25, 0.3) is 10.8 Å². The zero-order valence-corrected chi connectivity index (χ0v) is 10.4. The zero-order chi connectivity index (χ0) is 13.5. The van der Waals surface area contributed by atoms with Crippen molar-refractivity contribution in [1.29, 1.82) is 5.26 Å². The molecule has 0 saturated heterocycles. The van der Waals surface area contributed by atoms with Crippen molar-refractivity contribution in [2.45, 2.75) is 6.42 Å². The van der Waals surface area contributed by atoms with Crippen LogP contribution in [0.2, 0.25) is 0 Å². The lowest BCUT2D eigenvalue weighted by atomic mass is 10.1. The molecule has 0 saturated carbocycles. The van der Waals surface area contributed by atoms with E-state index in [0.717, 1.165) is 16.5 Å². The largest absolute Gasteiger partial charge is 0.491 e. The van der Waals surface area contributed by atoms with Crippen LogP contribution >= 0.6 is 0 Å². The molecule has 1 amide bonds. The van der Waals surface area contributed by atoms with Gasteiger partial charge in [0.05, 0.1) is 12.6 Å². The predicted octanol–water partition coefficient (Wildman–Crippen LogP) is 2.25. The molecule has 96 valence electrons. The summed E-state index contributed by atoms with van der Waals surface area (Å²) in [6.45, 7) is 0.773. The molecule has 2 aromatic rings. The van der Waals surface area contributed by atoms with E-state index >= 15 is 0 Å². The third kappa shape index (κ3) is 3.46. The highest BCUT2D eigenvalue weighted by Crippen LogP contribution is 2.24. The first-order valence-corrected chi connectivity index (χ1v) is 6.05. The molecule has 19 heavy (non-hydrogen) atoms. The van der Waals surface area contributed by atoms with Gasteiger partial charge in [-0.05, 0) is 11.5 Å². The molecule has 0 unspecified atom stereocenters. The highest BCUT2D eigenvalue weighted by atomic mass is 16.5. The molecule has 1 N–H and O–H groups in total. The van der Waals surface area contributed by atoms with Gasteiger partial charge < -0.3 is 10.1 Å². The molecule has 0 atom stereocenters. The van der Waals surface area contributed by atoms with Crippen molar-refractivity contribution >= 4 is 16.7 Å². The van der Waals surface area contributed by atoms with Crippen LogP contribution < -0.4 is 10.1 Å². The number of hydrogen-bond acceptors (Lipinski definition) is 3. The number of carbonyl (C=O) groups is 1. The van der Waals surface area contributed by atoms with Gasteiger partial charge in [0, 0.05) is 5.39 Å². The molecule has 0 aliphatic carbocycles. The standard InChI is InChI=1S/C15H14N2O2/c16-9-8-15(18)17-10-11-19-14-7-3-5-12-4-1-2-6-13(12)14/h1-7H,8,10-11H2,(H,17,18). The first-order chi connectivity index (χ1) is 9.31. The maximum atomic E-state index is 11.1. The number of nitrogens with one attached hydrogen (secondary N) is 1. The maximum Gasteiger partial charge on any atom is 0.234 e. The first kappa shape index (κ1) is 12.9. The Bertz CT molecular complexity index is 612. The van der Waals surface area contributed by atoms with Gasteiger partial charge in [0.2, 0.25) is 5.91 Å². The maximum absolute atomic E-state index is 11.1. The Balaban J connectivity index is 1.92. The predicted molar refractivity (Wildman–Crippen MR) is 72.7 cm³/mol. The third-order valence-electron chi connectivity index (χ3n) is 2.67. The number of benzene rings is 2. The number of rotatable bonds is 5. The van der Waals surface area contributed by atoms with Crippen molar-refractivity contribution < 1.29 is 9.53 Å². The highest BCUT2D eigenvalue weighted by Gasteiger charge is 2.02. The lowest BCUT2D eigenvalue weighted by Gasteiger charge is -2.09. The van der Waals surface area contributed by atoms with Gasteiger partial charge in [-0.1, -0.05) is 36.4 Å². The van der Waals surface area contributed by atoms with E-state index in [-0.39, 0.29) is 12.3 Å². The molecule has 2 rings (SSSR count). The molecule has 2 aromatic carbocycles. The van der Waals surface area contributed by atoms with E-state index in [1.807, 2.05) is 42.5 Å².